The van der Waals surface area contributed by atoms with E-state index in [4.69, 9.17) is 4.74 Å². The summed E-state index contributed by atoms with van der Waals surface area (Å²) < 4.78 is 5.88. The molecule has 3 aliphatic rings. The summed E-state index contributed by atoms with van der Waals surface area (Å²) in [6, 6.07) is 19.9. The summed E-state index contributed by atoms with van der Waals surface area (Å²) in [4.78, 5) is 44.2. The van der Waals surface area contributed by atoms with Gasteiger partial charge in [0.2, 0.25) is 5.91 Å². The minimum atomic E-state index is -1.05. The van der Waals surface area contributed by atoms with Crippen molar-refractivity contribution in [2.24, 2.45) is 0 Å². The molecule has 0 radical (unpaired) electrons. The number of methoxy groups -OCH3 is 1. The van der Waals surface area contributed by atoms with Crippen molar-refractivity contribution in [3.05, 3.63) is 96.6 Å². The molecule has 2 aliphatic heterocycles. The lowest BCUT2D eigenvalue weighted by molar-refractivity contribution is -0.138. The first-order valence-electron chi connectivity index (χ1n) is 16.9. The fourth-order valence-electron chi connectivity index (χ4n) is 6.92. The van der Waals surface area contributed by atoms with Crippen LogP contribution < -0.4 is 5.32 Å². The number of H-pyrrole nitrogens is 1. The summed E-state index contributed by atoms with van der Waals surface area (Å²) >= 11 is 0. The molecule has 3 aromatic heterocycles. The van der Waals surface area contributed by atoms with Gasteiger partial charge in [0.25, 0.3) is 5.91 Å². The van der Waals surface area contributed by atoms with Gasteiger partial charge in [0.05, 0.1) is 12.1 Å². The number of hydrogen-bond acceptors (Lipinski definition) is 8. The topological polar surface area (TPSA) is 129 Å². The lowest BCUT2D eigenvalue weighted by atomic mass is 9.98. The van der Waals surface area contributed by atoms with Crippen molar-refractivity contribution < 1.29 is 14.3 Å². The molecule has 5 aromatic rings. The number of carbonyl (C=O) groups is 2. The van der Waals surface area contributed by atoms with E-state index in [-0.39, 0.29) is 18.4 Å². The summed E-state index contributed by atoms with van der Waals surface area (Å²) in [5.74, 6) is 1.08. The number of carbonyl (C=O) groups excluding carboxylic acids is 2. The highest BCUT2D eigenvalue weighted by Gasteiger charge is 2.45. The highest BCUT2D eigenvalue weighted by Crippen LogP contribution is 2.40. The largest absolute Gasteiger partial charge is 0.367 e. The van der Waals surface area contributed by atoms with E-state index >= 15 is 0 Å². The first kappa shape index (κ1) is 31.0. The summed E-state index contributed by atoms with van der Waals surface area (Å²) in [6.07, 6.45) is 11.1. The van der Waals surface area contributed by atoms with E-state index in [2.05, 4.69) is 54.7 Å². The minimum absolute atomic E-state index is 0.0538. The van der Waals surface area contributed by atoms with Gasteiger partial charge in [0.15, 0.2) is 11.4 Å². The first-order valence-corrected chi connectivity index (χ1v) is 16.9. The molecule has 2 fully saturated rings. The highest BCUT2D eigenvalue weighted by atomic mass is 16.5. The molecule has 0 bridgehead atoms. The van der Waals surface area contributed by atoms with Crippen LogP contribution in [0.15, 0.2) is 85.3 Å². The molecule has 11 nitrogen and oxygen atoms in total. The number of rotatable bonds is 9. The van der Waals surface area contributed by atoms with Gasteiger partial charge >= 0.3 is 0 Å². The normalized spacial score (nSPS) is 19.6. The molecule has 2 aromatic carbocycles. The van der Waals surface area contributed by atoms with E-state index in [1.165, 1.54) is 18.4 Å². The maximum Gasteiger partial charge on any atom is 0.258 e. The number of benzene rings is 2. The number of ether oxygens (including phenoxy) is 1. The zero-order chi connectivity index (χ0) is 33.4. The Balaban J connectivity index is 0.886. The third-order valence-electron chi connectivity index (χ3n) is 9.99. The van der Waals surface area contributed by atoms with Gasteiger partial charge in [-0.15, -0.1) is 0 Å². The van der Waals surface area contributed by atoms with Gasteiger partial charge in [-0.2, -0.15) is 5.10 Å². The van der Waals surface area contributed by atoms with E-state index in [1.807, 2.05) is 52.4 Å². The predicted octanol–water partition coefficient (Wildman–Crippen LogP) is 5.30. The van der Waals surface area contributed by atoms with Gasteiger partial charge in [0, 0.05) is 85.7 Å². The van der Waals surface area contributed by atoms with Crippen LogP contribution in [-0.4, -0.2) is 92.2 Å². The summed E-state index contributed by atoms with van der Waals surface area (Å²) in [5, 5.41) is 11.7. The molecule has 5 heterocycles. The Morgan fingerprint density at radius 3 is 2.53 bits per heavy atom. The third-order valence-corrected chi connectivity index (χ3v) is 9.99. The van der Waals surface area contributed by atoms with E-state index in [1.54, 1.807) is 25.6 Å². The van der Waals surface area contributed by atoms with E-state index < -0.39 is 5.60 Å². The molecular weight excluding hydrogens is 616 g/mol. The van der Waals surface area contributed by atoms with Crippen LogP contribution in [-0.2, 0) is 14.3 Å². The van der Waals surface area contributed by atoms with Crippen LogP contribution in [0.5, 0.6) is 0 Å². The second-order valence-electron chi connectivity index (χ2n) is 13.2. The minimum Gasteiger partial charge on any atom is -0.367 e. The zero-order valence-electron chi connectivity index (χ0n) is 27.4. The summed E-state index contributed by atoms with van der Waals surface area (Å²) in [7, 11) is 1.57. The molecule has 1 saturated heterocycles. The molecule has 1 atom stereocenters. The van der Waals surface area contributed by atoms with Crippen molar-refractivity contribution in [3.8, 4) is 22.6 Å². The number of nitrogens with zero attached hydrogens (tertiary/aromatic N) is 6. The van der Waals surface area contributed by atoms with Gasteiger partial charge in [-0.05, 0) is 73.2 Å². The summed E-state index contributed by atoms with van der Waals surface area (Å²) in [6.45, 7) is 2.38. The number of likely N-dealkylation sites (tertiary alicyclic amines) is 1. The van der Waals surface area contributed by atoms with Crippen molar-refractivity contribution in [1.82, 2.24) is 34.9 Å². The van der Waals surface area contributed by atoms with Gasteiger partial charge in [-0.1, -0.05) is 30.3 Å². The van der Waals surface area contributed by atoms with Gasteiger partial charge in [-0.25, -0.2) is 9.97 Å². The lowest BCUT2D eigenvalue weighted by Crippen LogP contribution is -2.48. The average molecular weight is 655 g/mol. The standard InChI is InChI=1S/C38H38N8O3/c1-49-38(37(48)42-30-9-10-32-31(22-30)35(44-43-32)29-11-17-39-33(21-29)27-5-6-27)14-20-45(24-38)23-34(47)46-18-12-26(13-19-46)25-3-7-28(8-4-25)36-40-15-2-16-41-36/h2-4,7-12,15-17,21-22,27H,5-6,13-14,18-20,23-24H2,1H3,(H,42,48)(H,43,44). The summed E-state index contributed by atoms with van der Waals surface area (Å²) in [5.41, 5.74) is 6.79. The number of amides is 2. The Hall–Kier alpha value is -5.26. The average Bonchev–Trinajstić information content (AvgIpc) is 3.79. The van der Waals surface area contributed by atoms with Crippen LogP contribution in [0.1, 0.15) is 42.9 Å². The van der Waals surface area contributed by atoms with Crippen LogP contribution in [0.2, 0.25) is 0 Å². The number of aromatic amines is 1. The zero-order valence-corrected chi connectivity index (χ0v) is 27.4. The van der Waals surface area contributed by atoms with Crippen molar-refractivity contribution in [1.29, 1.82) is 0 Å². The van der Waals surface area contributed by atoms with Crippen LogP contribution in [0.3, 0.4) is 0 Å². The van der Waals surface area contributed by atoms with Crippen LogP contribution in [0.4, 0.5) is 5.69 Å². The Labute approximate surface area is 284 Å². The molecule has 1 unspecified atom stereocenters. The molecule has 248 valence electrons. The lowest BCUT2D eigenvalue weighted by Gasteiger charge is -2.30. The maximum absolute atomic E-state index is 13.7. The number of pyridine rings is 1. The van der Waals surface area contributed by atoms with Crippen LogP contribution in [0, 0.1) is 0 Å². The Kier molecular flexibility index (Phi) is 8.22. The third kappa shape index (κ3) is 6.34. The molecular formula is C38H38N8O3. The molecule has 8 rings (SSSR count). The fourth-order valence-corrected chi connectivity index (χ4v) is 6.92. The molecule has 1 saturated carbocycles. The number of aromatic nitrogens is 5. The van der Waals surface area contributed by atoms with Crippen molar-refractivity contribution >= 4 is 34.0 Å². The Bertz CT molecular complexity index is 2040. The molecule has 11 heteroatoms. The van der Waals surface area contributed by atoms with Crippen LogP contribution >= 0.6 is 0 Å². The number of hydrogen-bond donors (Lipinski definition) is 2. The molecule has 1 aliphatic carbocycles. The van der Waals surface area contributed by atoms with Gasteiger partial charge < -0.3 is 15.0 Å². The SMILES string of the molecule is COC1(C(=O)Nc2ccc3[nH]nc(-c4ccnc(C5CC5)c4)c3c2)CCN(CC(=O)N2CC=C(c3ccc(-c4ncccn4)cc3)CC2)C1. The predicted molar refractivity (Wildman–Crippen MR) is 187 cm³/mol. The van der Waals surface area contributed by atoms with Gasteiger partial charge in [-0.3, -0.25) is 24.6 Å². The van der Waals surface area contributed by atoms with E-state index in [9.17, 15) is 9.59 Å². The fraction of sp³-hybridized carbons (Fsp3) is 0.316. The van der Waals surface area contributed by atoms with Crippen LogP contribution in [0.25, 0.3) is 39.1 Å². The Morgan fingerprint density at radius 1 is 0.959 bits per heavy atom. The molecule has 2 amide bonds. The second kappa shape index (κ2) is 13.0. The number of nitrogens with one attached hydrogen (secondary N) is 2. The second-order valence-corrected chi connectivity index (χ2v) is 13.2. The number of anilines is 1. The molecule has 0 spiro atoms. The quantitative estimate of drug-likeness (QED) is 0.219. The van der Waals surface area contributed by atoms with E-state index in [0.717, 1.165) is 45.4 Å². The van der Waals surface area contributed by atoms with Crippen molar-refractivity contribution in [2.45, 2.75) is 37.2 Å². The Morgan fingerprint density at radius 2 is 1.78 bits per heavy atom. The molecule has 2 N–H and O–H groups in total. The molecule has 49 heavy (non-hydrogen) atoms. The van der Waals surface area contributed by atoms with Crippen molar-refractivity contribution in [2.75, 3.05) is 45.2 Å². The monoisotopic (exact) mass is 654 g/mol. The van der Waals surface area contributed by atoms with Crippen molar-refractivity contribution in [3.63, 3.8) is 0 Å². The van der Waals surface area contributed by atoms with Gasteiger partial charge in [0.1, 0.15) is 5.69 Å². The smallest absolute Gasteiger partial charge is 0.258 e. The number of fused-ring (bicyclic) bond motifs is 1. The maximum atomic E-state index is 13.7. The van der Waals surface area contributed by atoms with E-state index in [0.29, 0.717) is 50.0 Å². The highest BCUT2D eigenvalue weighted by molar-refractivity contribution is 6.01. The first-order chi connectivity index (χ1) is 24.0.